The molecule has 1 heterocycles. The van der Waals surface area contributed by atoms with Crippen molar-refractivity contribution in [2.24, 2.45) is 5.73 Å². The van der Waals surface area contributed by atoms with Crippen molar-refractivity contribution in [2.75, 3.05) is 13.2 Å². The molecule has 0 bridgehead atoms. The molecule has 14 heavy (non-hydrogen) atoms. The fourth-order valence-electron chi connectivity index (χ4n) is 1.42. The van der Waals surface area contributed by atoms with Gasteiger partial charge in [0.25, 0.3) is 0 Å². The number of nitrogens with two attached hydrogens (primary N) is 1. The maximum absolute atomic E-state index is 9.55. The number of H-pyrrole nitrogens is 1. The second-order valence-corrected chi connectivity index (χ2v) is 2.99. The van der Waals surface area contributed by atoms with Crippen molar-refractivity contribution in [3.05, 3.63) is 24.4 Å². The number of fused-ring (bicyclic) bond motifs is 1. The van der Waals surface area contributed by atoms with Gasteiger partial charge in [-0.3, -0.25) is 0 Å². The molecule has 0 saturated carbocycles. The lowest BCUT2D eigenvalue weighted by molar-refractivity contribution is 0.331. The number of hydrogen-bond donors (Lipinski definition) is 3. The SMILES string of the molecule is NCCOc1cccc2[nH]cc(O)c12. The predicted octanol–water partition coefficient (Wildman–Crippen LogP) is 1.21. The molecule has 4 N–H and O–H groups in total. The zero-order valence-electron chi connectivity index (χ0n) is 7.66. The highest BCUT2D eigenvalue weighted by atomic mass is 16.5. The first kappa shape index (κ1) is 8.90. The van der Waals surface area contributed by atoms with Crippen LogP contribution in [0, 0.1) is 0 Å². The summed E-state index contributed by atoms with van der Waals surface area (Å²) < 4.78 is 5.40. The molecule has 1 aromatic carbocycles. The Labute approximate surface area is 81.3 Å². The molecule has 2 rings (SSSR count). The number of hydrogen-bond acceptors (Lipinski definition) is 3. The molecule has 0 spiro atoms. The average molecular weight is 192 g/mol. The molecular formula is C10H12N2O2. The monoisotopic (exact) mass is 192 g/mol. The summed E-state index contributed by atoms with van der Waals surface area (Å²) in [6.45, 7) is 0.908. The fourth-order valence-corrected chi connectivity index (χ4v) is 1.42. The first-order chi connectivity index (χ1) is 6.83. The molecule has 0 aliphatic carbocycles. The fraction of sp³-hybridized carbons (Fsp3) is 0.200. The molecule has 4 heteroatoms. The van der Waals surface area contributed by atoms with E-state index in [4.69, 9.17) is 10.5 Å². The average Bonchev–Trinajstić information content (AvgIpc) is 2.58. The summed E-state index contributed by atoms with van der Waals surface area (Å²) in [4.78, 5) is 2.94. The number of aromatic nitrogens is 1. The lowest BCUT2D eigenvalue weighted by Crippen LogP contribution is -2.10. The molecule has 0 unspecified atom stereocenters. The molecule has 0 saturated heterocycles. The van der Waals surface area contributed by atoms with Gasteiger partial charge in [-0.15, -0.1) is 0 Å². The number of rotatable bonds is 3. The second-order valence-electron chi connectivity index (χ2n) is 2.99. The Hall–Kier alpha value is -1.68. The molecule has 1 aromatic heterocycles. The van der Waals surface area contributed by atoms with E-state index in [0.29, 0.717) is 24.3 Å². The predicted molar refractivity (Wildman–Crippen MR) is 54.5 cm³/mol. The van der Waals surface area contributed by atoms with Gasteiger partial charge in [0.05, 0.1) is 10.9 Å². The van der Waals surface area contributed by atoms with E-state index in [9.17, 15) is 5.11 Å². The van der Waals surface area contributed by atoms with Crippen LogP contribution in [0.3, 0.4) is 0 Å². The Bertz CT molecular complexity index is 437. The number of nitrogens with one attached hydrogen (secondary N) is 1. The van der Waals surface area contributed by atoms with Gasteiger partial charge in [0.1, 0.15) is 18.1 Å². The third kappa shape index (κ3) is 1.40. The van der Waals surface area contributed by atoms with Crippen molar-refractivity contribution in [1.82, 2.24) is 4.98 Å². The highest BCUT2D eigenvalue weighted by Gasteiger charge is 2.07. The van der Waals surface area contributed by atoms with Gasteiger partial charge in [0, 0.05) is 12.7 Å². The summed E-state index contributed by atoms with van der Waals surface area (Å²) in [5.74, 6) is 0.860. The third-order valence-corrected chi connectivity index (χ3v) is 2.02. The molecule has 0 amide bonds. The van der Waals surface area contributed by atoms with Gasteiger partial charge in [-0.1, -0.05) is 6.07 Å². The Kier molecular flexibility index (Phi) is 2.28. The summed E-state index contributed by atoms with van der Waals surface area (Å²) in [6.07, 6.45) is 1.54. The molecular weight excluding hydrogens is 180 g/mol. The van der Waals surface area contributed by atoms with Crippen LogP contribution >= 0.6 is 0 Å². The number of aromatic hydroxyl groups is 1. The quantitative estimate of drug-likeness (QED) is 0.684. The molecule has 4 nitrogen and oxygen atoms in total. The van der Waals surface area contributed by atoms with Crippen LogP contribution in [0.1, 0.15) is 0 Å². The van der Waals surface area contributed by atoms with Gasteiger partial charge in [0.15, 0.2) is 0 Å². The normalized spacial score (nSPS) is 10.6. The van der Waals surface area contributed by atoms with Crippen LogP contribution in [-0.4, -0.2) is 23.2 Å². The third-order valence-electron chi connectivity index (χ3n) is 2.02. The van der Waals surface area contributed by atoms with E-state index < -0.39 is 0 Å². The van der Waals surface area contributed by atoms with Gasteiger partial charge in [-0.25, -0.2) is 0 Å². The molecule has 0 aliphatic heterocycles. The smallest absolute Gasteiger partial charge is 0.144 e. The molecule has 0 fully saturated rings. The van der Waals surface area contributed by atoms with Crippen LogP contribution in [0.15, 0.2) is 24.4 Å². The summed E-state index contributed by atoms with van der Waals surface area (Å²) in [5.41, 5.74) is 6.20. The van der Waals surface area contributed by atoms with E-state index in [1.165, 1.54) is 0 Å². The maximum atomic E-state index is 9.55. The van der Waals surface area contributed by atoms with E-state index in [1.54, 1.807) is 6.20 Å². The van der Waals surface area contributed by atoms with E-state index in [2.05, 4.69) is 4.98 Å². The minimum Gasteiger partial charge on any atom is -0.506 e. The highest BCUT2D eigenvalue weighted by Crippen LogP contribution is 2.32. The lowest BCUT2D eigenvalue weighted by Gasteiger charge is -2.05. The first-order valence-corrected chi connectivity index (χ1v) is 4.45. The summed E-state index contributed by atoms with van der Waals surface area (Å²) in [6, 6.07) is 5.56. The van der Waals surface area contributed by atoms with Gasteiger partial charge in [-0.05, 0) is 12.1 Å². The van der Waals surface area contributed by atoms with Crippen molar-refractivity contribution in [3.8, 4) is 11.5 Å². The van der Waals surface area contributed by atoms with Crippen molar-refractivity contribution in [3.63, 3.8) is 0 Å². The first-order valence-electron chi connectivity index (χ1n) is 4.45. The van der Waals surface area contributed by atoms with Crippen molar-refractivity contribution < 1.29 is 9.84 Å². The molecule has 0 radical (unpaired) electrons. The summed E-state index contributed by atoms with van der Waals surface area (Å²) in [5, 5.41) is 10.3. The molecule has 0 aliphatic rings. The largest absolute Gasteiger partial charge is 0.506 e. The number of benzene rings is 1. The van der Waals surface area contributed by atoms with Gasteiger partial charge < -0.3 is 20.6 Å². The van der Waals surface area contributed by atoms with E-state index in [-0.39, 0.29) is 5.75 Å². The zero-order chi connectivity index (χ0) is 9.97. The van der Waals surface area contributed by atoms with Crippen LogP contribution in [-0.2, 0) is 0 Å². The lowest BCUT2D eigenvalue weighted by atomic mass is 10.2. The van der Waals surface area contributed by atoms with Crippen LogP contribution in [0.5, 0.6) is 11.5 Å². The van der Waals surface area contributed by atoms with E-state index in [1.807, 2.05) is 18.2 Å². The number of aromatic amines is 1. The summed E-state index contributed by atoms with van der Waals surface area (Å²) in [7, 11) is 0. The molecule has 2 aromatic rings. The Balaban J connectivity index is 2.46. The highest BCUT2D eigenvalue weighted by molar-refractivity contribution is 5.91. The van der Waals surface area contributed by atoms with Gasteiger partial charge >= 0.3 is 0 Å². The van der Waals surface area contributed by atoms with E-state index in [0.717, 1.165) is 5.52 Å². The second kappa shape index (κ2) is 3.59. The van der Waals surface area contributed by atoms with Crippen LogP contribution in [0.2, 0.25) is 0 Å². The van der Waals surface area contributed by atoms with Crippen LogP contribution in [0.4, 0.5) is 0 Å². The maximum Gasteiger partial charge on any atom is 0.144 e. The van der Waals surface area contributed by atoms with Gasteiger partial charge in [0.2, 0.25) is 0 Å². The zero-order valence-corrected chi connectivity index (χ0v) is 7.66. The molecule has 74 valence electrons. The van der Waals surface area contributed by atoms with Crippen LogP contribution in [0.25, 0.3) is 10.9 Å². The standard InChI is InChI=1S/C10H12N2O2/c11-4-5-14-9-3-1-2-7-10(9)8(13)6-12-7/h1-3,6,12-13H,4-5,11H2. The van der Waals surface area contributed by atoms with Crippen LogP contribution < -0.4 is 10.5 Å². The Morgan fingerprint density at radius 1 is 1.43 bits per heavy atom. The van der Waals surface area contributed by atoms with Gasteiger partial charge in [-0.2, -0.15) is 0 Å². The number of ether oxygens (including phenoxy) is 1. The summed E-state index contributed by atoms with van der Waals surface area (Å²) >= 11 is 0. The topological polar surface area (TPSA) is 71.3 Å². The Morgan fingerprint density at radius 2 is 2.29 bits per heavy atom. The minimum atomic E-state index is 0.202. The van der Waals surface area contributed by atoms with Crippen molar-refractivity contribution in [2.45, 2.75) is 0 Å². The Morgan fingerprint density at radius 3 is 3.07 bits per heavy atom. The van der Waals surface area contributed by atoms with Crippen molar-refractivity contribution >= 4 is 10.9 Å². The minimum absolute atomic E-state index is 0.202. The molecule has 0 atom stereocenters. The van der Waals surface area contributed by atoms with Crippen molar-refractivity contribution in [1.29, 1.82) is 0 Å². The van der Waals surface area contributed by atoms with E-state index >= 15 is 0 Å².